The van der Waals surface area contributed by atoms with Gasteiger partial charge in [0.25, 0.3) is 0 Å². The lowest BCUT2D eigenvalue weighted by atomic mass is 9.85. The molecule has 1 heterocycles. The molecule has 1 unspecified atom stereocenters. The van der Waals surface area contributed by atoms with Crippen molar-refractivity contribution in [2.45, 2.75) is 31.0 Å². The number of alkyl halides is 1. The number of benzene rings is 2. The highest BCUT2D eigenvalue weighted by Gasteiger charge is 2.32. The minimum atomic E-state index is 0.0859. The number of ether oxygens (including phenoxy) is 1. The maximum atomic E-state index is 5.77. The number of hydrogen-bond acceptors (Lipinski definition) is 1. The van der Waals surface area contributed by atoms with Gasteiger partial charge in [-0.25, -0.2) is 0 Å². The van der Waals surface area contributed by atoms with Gasteiger partial charge in [0.15, 0.2) is 0 Å². The molecule has 0 radical (unpaired) electrons. The number of fused-ring (bicyclic) bond motifs is 1. The Labute approximate surface area is 143 Å². The molecule has 0 bridgehead atoms. The topological polar surface area (TPSA) is 9.23 Å². The molecule has 3 rings (SSSR count). The zero-order chi connectivity index (χ0) is 15.2. The summed E-state index contributed by atoms with van der Waals surface area (Å²) in [6, 6.07) is 13.0. The van der Waals surface area contributed by atoms with Crippen LogP contribution in [0.4, 0.5) is 0 Å². The van der Waals surface area contributed by atoms with Gasteiger partial charge >= 0.3 is 0 Å². The molecule has 2 aromatic rings. The lowest BCUT2D eigenvalue weighted by Crippen LogP contribution is -2.18. The van der Waals surface area contributed by atoms with Crippen LogP contribution < -0.4 is 4.74 Å². The minimum absolute atomic E-state index is 0.0859. The average Bonchev–Trinajstić information content (AvgIpc) is 2.74. The zero-order valence-corrected chi connectivity index (χ0v) is 15.6. The smallest absolute Gasteiger partial charge is 0.123 e. The van der Waals surface area contributed by atoms with Crippen LogP contribution in [0.25, 0.3) is 0 Å². The minimum Gasteiger partial charge on any atom is -0.492 e. The number of hydrogen-bond donors (Lipinski definition) is 0. The van der Waals surface area contributed by atoms with E-state index in [9.17, 15) is 0 Å². The van der Waals surface area contributed by atoms with Gasteiger partial charge < -0.3 is 4.74 Å². The zero-order valence-electron chi connectivity index (χ0n) is 12.4. The fourth-order valence-electron chi connectivity index (χ4n) is 2.71. The van der Waals surface area contributed by atoms with E-state index >= 15 is 0 Å². The quantitative estimate of drug-likeness (QED) is 0.560. The van der Waals surface area contributed by atoms with Gasteiger partial charge in [0.1, 0.15) is 5.75 Å². The molecule has 0 N–H and O–H groups in total. The highest BCUT2D eigenvalue weighted by molar-refractivity contribution is 9.11. The predicted octanol–water partition coefficient (Wildman–Crippen LogP) is 5.91. The molecule has 0 spiro atoms. The monoisotopic (exact) mass is 408 g/mol. The van der Waals surface area contributed by atoms with E-state index in [0.717, 1.165) is 16.8 Å². The van der Waals surface area contributed by atoms with Crippen molar-refractivity contribution in [1.82, 2.24) is 0 Å². The fourth-order valence-corrected chi connectivity index (χ4v) is 4.43. The molecule has 110 valence electrons. The van der Waals surface area contributed by atoms with Gasteiger partial charge in [0.05, 0.1) is 11.4 Å². The Morgan fingerprint density at radius 3 is 2.62 bits per heavy atom. The number of aryl methyl sites for hydroxylation is 1. The second kappa shape index (κ2) is 5.44. The van der Waals surface area contributed by atoms with E-state index in [4.69, 9.17) is 4.74 Å². The summed E-state index contributed by atoms with van der Waals surface area (Å²) in [5.74, 6) is 1.02. The first-order valence-corrected chi connectivity index (χ1v) is 8.77. The lowest BCUT2D eigenvalue weighted by molar-refractivity contribution is 0.291. The summed E-state index contributed by atoms with van der Waals surface area (Å²) in [4.78, 5) is 0.175. The highest BCUT2D eigenvalue weighted by atomic mass is 79.9. The van der Waals surface area contributed by atoms with E-state index in [1.165, 1.54) is 22.3 Å². The highest BCUT2D eigenvalue weighted by Crippen LogP contribution is 2.42. The fraction of sp³-hybridized carbons (Fsp3) is 0.333. The van der Waals surface area contributed by atoms with Gasteiger partial charge in [-0.1, -0.05) is 63.9 Å². The van der Waals surface area contributed by atoms with Crippen LogP contribution in [0, 0.1) is 6.92 Å². The van der Waals surface area contributed by atoms with Crippen molar-refractivity contribution in [2.24, 2.45) is 0 Å². The van der Waals surface area contributed by atoms with Crippen LogP contribution in [0.3, 0.4) is 0 Å². The SMILES string of the molecule is Cc1ccc(C(Br)c2ccc3c(c2)C(C)(C)CO3)c(Br)c1. The molecule has 1 aliphatic rings. The van der Waals surface area contributed by atoms with Crippen molar-refractivity contribution >= 4 is 31.9 Å². The molecular weight excluding hydrogens is 392 g/mol. The van der Waals surface area contributed by atoms with Crippen LogP contribution in [0.15, 0.2) is 40.9 Å². The number of halogens is 2. The van der Waals surface area contributed by atoms with Crippen LogP contribution in [0.2, 0.25) is 0 Å². The second-order valence-corrected chi connectivity index (χ2v) is 8.09. The Bertz CT molecular complexity index is 692. The van der Waals surface area contributed by atoms with Crippen LogP contribution in [-0.2, 0) is 5.41 Å². The summed E-state index contributed by atoms with van der Waals surface area (Å²) in [5, 5.41) is 0. The third kappa shape index (κ3) is 2.78. The van der Waals surface area contributed by atoms with Crippen molar-refractivity contribution in [2.75, 3.05) is 6.61 Å². The maximum Gasteiger partial charge on any atom is 0.123 e. The average molecular weight is 410 g/mol. The Morgan fingerprint density at radius 1 is 1.14 bits per heavy atom. The van der Waals surface area contributed by atoms with Gasteiger partial charge in [-0.05, 0) is 41.8 Å². The second-order valence-electron chi connectivity index (χ2n) is 6.32. The largest absolute Gasteiger partial charge is 0.492 e. The van der Waals surface area contributed by atoms with E-state index < -0.39 is 0 Å². The predicted molar refractivity (Wildman–Crippen MR) is 94.6 cm³/mol. The maximum absolute atomic E-state index is 5.77. The van der Waals surface area contributed by atoms with Gasteiger partial charge in [0.2, 0.25) is 0 Å². The number of rotatable bonds is 2. The van der Waals surface area contributed by atoms with Gasteiger partial charge in [-0.3, -0.25) is 0 Å². The van der Waals surface area contributed by atoms with E-state index in [0.29, 0.717) is 0 Å². The van der Waals surface area contributed by atoms with Gasteiger partial charge in [-0.2, -0.15) is 0 Å². The summed E-state index contributed by atoms with van der Waals surface area (Å²) >= 11 is 7.52. The molecule has 0 amide bonds. The third-order valence-corrected chi connectivity index (χ3v) is 5.75. The van der Waals surface area contributed by atoms with E-state index in [2.05, 4.69) is 89.0 Å². The Morgan fingerprint density at radius 2 is 1.90 bits per heavy atom. The van der Waals surface area contributed by atoms with E-state index in [-0.39, 0.29) is 10.2 Å². The van der Waals surface area contributed by atoms with Crippen LogP contribution >= 0.6 is 31.9 Å². The molecule has 21 heavy (non-hydrogen) atoms. The van der Waals surface area contributed by atoms with Gasteiger partial charge in [-0.15, -0.1) is 0 Å². The molecule has 3 heteroatoms. The van der Waals surface area contributed by atoms with E-state index in [1.54, 1.807) is 0 Å². The molecule has 0 aromatic heterocycles. The van der Waals surface area contributed by atoms with Crippen LogP contribution in [0.5, 0.6) is 5.75 Å². The summed E-state index contributed by atoms with van der Waals surface area (Å²) in [5.41, 5.74) is 5.15. The van der Waals surface area contributed by atoms with E-state index in [1.807, 2.05) is 0 Å². The molecule has 0 aliphatic carbocycles. The van der Waals surface area contributed by atoms with Crippen molar-refractivity contribution in [3.63, 3.8) is 0 Å². The Hall–Kier alpha value is -0.800. The third-order valence-electron chi connectivity index (χ3n) is 4.04. The van der Waals surface area contributed by atoms with Crippen molar-refractivity contribution in [1.29, 1.82) is 0 Å². The first kappa shape index (κ1) is 15.1. The molecule has 1 nitrogen and oxygen atoms in total. The summed E-state index contributed by atoms with van der Waals surface area (Å²) in [6.45, 7) is 7.32. The lowest BCUT2D eigenvalue weighted by Gasteiger charge is -2.18. The summed E-state index contributed by atoms with van der Waals surface area (Å²) in [6.07, 6.45) is 0. The summed E-state index contributed by atoms with van der Waals surface area (Å²) in [7, 11) is 0. The van der Waals surface area contributed by atoms with Crippen LogP contribution in [-0.4, -0.2) is 6.61 Å². The molecule has 1 aliphatic heterocycles. The Balaban J connectivity index is 2.01. The van der Waals surface area contributed by atoms with Gasteiger partial charge in [0, 0.05) is 15.5 Å². The molecule has 1 atom stereocenters. The standard InChI is InChI=1S/C18H18Br2O/c1-11-4-6-13(15(19)8-11)17(20)12-5-7-16-14(9-12)18(2,3)10-21-16/h4-9,17H,10H2,1-3H3. The summed E-state index contributed by atoms with van der Waals surface area (Å²) < 4.78 is 6.91. The molecule has 0 saturated heterocycles. The first-order valence-electron chi connectivity index (χ1n) is 7.06. The Kier molecular flexibility index (Phi) is 3.91. The molecule has 2 aromatic carbocycles. The first-order chi connectivity index (χ1) is 9.88. The molecule has 0 saturated carbocycles. The van der Waals surface area contributed by atoms with Crippen molar-refractivity contribution in [3.8, 4) is 5.75 Å². The molecule has 0 fully saturated rings. The van der Waals surface area contributed by atoms with Crippen molar-refractivity contribution < 1.29 is 4.74 Å². The van der Waals surface area contributed by atoms with Crippen LogP contribution in [0.1, 0.15) is 40.9 Å². The normalized spacial score (nSPS) is 17.2. The van der Waals surface area contributed by atoms with Crippen molar-refractivity contribution in [3.05, 3.63) is 63.1 Å². The molecular formula is C18H18Br2O.